The Morgan fingerprint density at radius 3 is 2.35 bits per heavy atom. The number of piperidine rings is 1. The van der Waals surface area contributed by atoms with Crippen LogP contribution in [0.4, 0.5) is 5.13 Å². The lowest BCUT2D eigenvalue weighted by Crippen LogP contribution is -2.32. The number of thiazole rings is 1. The number of nitrogens with zero attached hydrogens (tertiary/aromatic N) is 3. The first kappa shape index (κ1) is 17.9. The standard InChI is InChI=1S/C19H25N3O2S2/c1-15-8-12-21(13-9-15)19-20-18(14-25-19)16-4-6-17(7-5-16)26(23,24)22-10-2-3-11-22/h4-7,14-15H,2-3,8-13H2,1H3. The van der Waals surface area contributed by atoms with E-state index in [4.69, 9.17) is 4.98 Å². The Morgan fingerprint density at radius 2 is 1.69 bits per heavy atom. The van der Waals surface area contributed by atoms with E-state index in [9.17, 15) is 8.42 Å². The average Bonchev–Trinajstić information content (AvgIpc) is 3.35. The van der Waals surface area contributed by atoms with E-state index in [1.807, 2.05) is 12.1 Å². The Morgan fingerprint density at radius 1 is 1.04 bits per heavy atom. The summed E-state index contributed by atoms with van der Waals surface area (Å²) in [5.74, 6) is 0.802. The molecule has 2 aliphatic rings. The largest absolute Gasteiger partial charge is 0.348 e. The van der Waals surface area contributed by atoms with Gasteiger partial charge in [-0.3, -0.25) is 0 Å². The van der Waals surface area contributed by atoms with Crippen molar-refractivity contribution in [3.05, 3.63) is 29.6 Å². The van der Waals surface area contributed by atoms with Gasteiger partial charge in [-0.05, 0) is 43.7 Å². The van der Waals surface area contributed by atoms with E-state index >= 15 is 0 Å². The topological polar surface area (TPSA) is 53.5 Å². The first-order valence-corrected chi connectivity index (χ1v) is 11.7. The molecule has 0 amide bonds. The molecule has 0 radical (unpaired) electrons. The van der Waals surface area contributed by atoms with Gasteiger partial charge in [-0.2, -0.15) is 4.31 Å². The molecule has 2 fully saturated rings. The quantitative estimate of drug-likeness (QED) is 0.795. The summed E-state index contributed by atoms with van der Waals surface area (Å²) in [4.78, 5) is 7.52. The van der Waals surface area contributed by atoms with E-state index < -0.39 is 10.0 Å². The summed E-state index contributed by atoms with van der Waals surface area (Å²) in [6, 6.07) is 7.18. The van der Waals surface area contributed by atoms with Crippen molar-refractivity contribution in [2.75, 3.05) is 31.1 Å². The van der Waals surface area contributed by atoms with Crippen molar-refractivity contribution in [2.24, 2.45) is 5.92 Å². The van der Waals surface area contributed by atoms with Crippen LogP contribution in [-0.2, 0) is 10.0 Å². The molecule has 4 rings (SSSR count). The third-order valence-corrected chi connectivity index (χ3v) is 8.21. The van der Waals surface area contributed by atoms with Crippen LogP contribution < -0.4 is 4.90 Å². The molecular formula is C19H25N3O2S2. The molecule has 26 heavy (non-hydrogen) atoms. The smallest absolute Gasteiger partial charge is 0.243 e. The molecule has 3 heterocycles. The second-order valence-electron chi connectivity index (χ2n) is 7.32. The fourth-order valence-electron chi connectivity index (χ4n) is 3.62. The van der Waals surface area contributed by atoms with E-state index in [2.05, 4.69) is 17.2 Å². The third kappa shape index (κ3) is 3.52. The van der Waals surface area contributed by atoms with Gasteiger partial charge in [0.15, 0.2) is 5.13 Å². The SMILES string of the molecule is CC1CCN(c2nc(-c3ccc(S(=O)(=O)N4CCCC4)cc3)cs2)CC1. The molecule has 0 unspecified atom stereocenters. The highest BCUT2D eigenvalue weighted by Gasteiger charge is 2.27. The Labute approximate surface area is 159 Å². The summed E-state index contributed by atoms with van der Waals surface area (Å²) < 4.78 is 26.8. The summed E-state index contributed by atoms with van der Waals surface area (Å²) in [6.07, 6.45) is 4.35. The Hall–Kier alpha value is -1.44. The normalized spacial score (nSPS) is 20.0. The maximum absolute atomic E-state index is 12.6. The Bertz CT molecular complexity index is 847. The number of sulfonamides is 1. The zero-order chi connectivity index (χ0) is 18.1. The molecule has 1 aromatic heterocycles. The summed E-state index contributed by atoms with van der Waals surface area (Å²) in [7, 11) is -3.35. The van der Waals surface area contributed by atoms with Crippen molar-refractivity contribution in [1.82, 2.24) is 9.29 Å². The molecule has 0 N–H and O–H groups in total. The van der Waals surface area contributed by atoms with Gasteiger partial charge in [0.25, 0.3) is 0 Å². The highest BCUT2D eigenvalue weighted by Crippen LogP contribution is 2.31. The van der Waals surface area contributed by atoms with Crippen LogP contribution in [0.15, 0.2) is 34.5 Å². The van der Waals surface area contributed by atoms with Gasteiger partial charge in [-0.25, -0.2) is 13.4 Å². The van der Waals surface area contributed by atoms with Gasteiger partial charge >= 0.3 is 0 Å². The number of hydrogen-bond donors (Lipinski definition) is 0. The molecule has 0 aliphatic carbocycles. The molecule has 0 bridgehead atoms. The fourth-order valence-corrected chi connectivity index (χ4v) is 6.02. The molecular weight excluding hydrogens is 366 g/mol. The van der Waals surface area contributed by atoms with Gasteiger partial charge in [0.05, 0.1) is 10.6 Å². The number of rotatable bonds is 4. The molecule has 2 aromatic rings. The van der Waals surface area contributed by atoms with E-state index in [0.29, 0.717) is 18.0 Å². The van der Waals surface area contributed by atoms with Crippen molar-refractivity contribution in [3.63, 3.8) is 0 Å². The Kier molecular flexibility index (Phi) is 5.03. The lowest BCUT2D eigenvalue weighted by Gasteiger charge is -2.29. The van der Waals surface area contributed by atoms with Crippen LogP contribution in [-0.4, -0.2) is 43.9 Å². The number of hydrogen-bond acceptors (Lipinski definition) is 5. The van der Waals surface area contributed by atoms with Crippen molar-refractivity contribution >= 4 is 26.5 Å². The summed E-state index contributed by atoms with van der Waals surface area (Å²) in [6.45, 7) is 5.71. The van der Waals surface area contributed by atoms with Gasteiger partial charge in [-0.15, -0.1) is 11.3 Å². The lowest BCUT2D eigenvalue weighted by atomic mass is 10.00. The molecule has 1 aromatic carbocycles. The molecule has 5 nitrogen and oxygen atoms in total. The minimum Gasteiger partial charge on any atom is -0.348 e. The first-order chi connectivity index (χ1) is 12.5. The third-order valence-electron chi connectivity index (χ3n) is 5.40. The van der Waals surface area contributed by atoms with Gasteiger partial charge < -0.3 is 4.90 Å². The molecule has 2 saturated heterocycles. The number of anilines is 1. The number of benzene rings is 1. The van der Waals surface area contributed by atoms with Crippen LogP contribution in [0.5, 0.6) is 0 Å². The highest BCUT2D eigenvalue weighted by molar-refractivity contribution is 7.89. The fraction of sp³-hybridized carbons (Fsp3) is 0.526. The second-order valence-corrected chi connectivity index (χ2v) is 10.1. The van der Waals surface area contributed by atoms with E-state index in [0.717, 1.165) is 48.2 Å². The van der Waals surface area contributed by atoms with Crippen molar-refractivity contribution in [3.8, 4) is 11.3 Å². The van der Waals surface area contributed by atoms with Crippen molar-refractivity contribution in [2.45, 2.75) is 37.5 Å². The zero-order valence-corrected chi connectivity index (χ0v) is 16.7. The van der Waals surface area contributed by atoms with Crippen LogP contribution in [0.25, 0.3) is 11.3 Å². The average molecular weight is 392 g/mol. The summed E-state index contributed by atoms with van der Waals surface area (Å²) in [5, 5.41) is 3.14. The van der Waals surface area contributed by atoms with Crippen LogP contribution >= 0.6 is 11.3 Å². The van der Waals surface area contributed by atoms with E-state index in [1.54, 1.807) is 27.8 Å². The van der Waals surface area contributed by atoms with Gasteiger partial charge in [-0.1, -0.05) is 19.1 Å². The molecule has 0 saturated carbocycles. The predicted octanol–water partition coefficient (Wildman–Crippen LogP) is 3.83. The van der Waals surface area contributed by atoms with Crippen LogP contribution in [0, 0.1) is 5.92 Å². The summed E-state index contributed by atoms with van der Waals surface area (Å²) >= 11 is 1.67. The maximum Gasteiger partial charge on any atom is 0.243 e. The monoisotopic (exact) mass is 391 g/mol. The minimum absolute atomic E-state index is 0.378. The first-order valence-electron chi connectivity index (χ1n) is 9.35. The predicted molar refractivity (Wildman–Crippen MR) is 106 cm³/mol. The van der Waals surface area contributed by atoms with Crippen molar-refractivity contribution in [1.29, 1.82) is 0 Å². The van der Waals surface area contributed by atoms with E-state index in [1.165, 1.54) is 12.8 Å². The molecule has 7 heteroatoms. The molecule has 0 atom stereocenters. The molecule has 140 valence electrons. The van der Waals surface area contributed by atoms with Gasteiger partial charge in [0.2, 0.25) is 10.0 Å². The lowest BCUT2D eigenvalue weighted by molar-refractivity contribution is 0.438. The van der Waals surface area contributed by atoms with Gasteiger partial charge in [0, 0.05) is 37.1 Å². The van der Waals surface area contributed by atoms with E-state index in [-0.39, 0.29) is 0 Å². The minimum atomic E-state index is -3.35. The maximum atomic E-state index is 12.6. The van der Waals surface area contributed by atoms with Gasteiger partial charge in [0.1, 0.15) is 0 Å². The molecule has 2 aliphatic heterocycles. The zero-order valence-electron chi connectivity index (χ0n) is 15.1. The van der Waals surface area contributed by atoms with Crippen LogP contribution in [0.1, 0.15) is 32.6 Å². The number of aromatic nitrogens is 1. The second kappa shape index (κ2) is 7.29. The highest BCUT2D eigenvalue weighted by atomic mass is 32.2. The molecule has 0 spiro atoms. The van der Waals surface area contributed by atoms with Crippen LogP contribution in [0.2, 0.25) is 0 Å². The van der Waals surface area contributed by atoms with Crippen molar-refractivity contribution < 1.29 is 8.42 Å². The summed E-state index contributed by atoms with van der Waals surface area (Å²) in [5.41, 5.74) is 1.90. The van der Waals surface area contributed by atoms with Crippen LogP contribution in [0.3, 0.4) is 0 Å². The Balaban J connectivity index is 1.51.